The van der Waals surface area contributed by atoms with Crippen molar-refractivity contribution < 1.29 is 9.21 Å². The predicted octanol–water partition coefficient (Wildman–Crippen LogP) is 3.99. The van der Waals surface area contributed by atoms with E-state index in [2.05, 4.69) is 15.5 Å². The second-order valence-corrected chi connectivity index (χ2v) is 6.27. The van der Waals surface area contributed by atoms with Crippen LogP contribution >= 0.6 is 11.3 Å². The molecular formula is C17H17N3O2S. The van der Waals surface area contributed by atoms with Crippen molar-refractivity contribution in [1.29, 1.82) is 0 Å². The van der Waals surface area contributed by atoms with Crippen LogP contribution in [0.25, 0.3) is 10.8 Å². The molecule has 0 saturated carbocycles. The van der Waals surface area contributed by atoms with Crippen molar-refractivity contribution in [1.82, 2.24) is 10.2 Å². The lowest BCUT2D eigenvalue weighted by Crippen LogP contribution is -2.12. The van der Waals surface area contributed by atoms with Crippen molar-refractivity contribution in [2.75, 3.05) is 5.32 Å². The zero-order chi connectivity index (χ0) is 16.2. The smallest absolute Gasteiger partial charge is 0.257 e. The van der Waals surface area contributed by atoms with E-state index in [1.807, 2.05) is 49.6 Å². The molecule has 1 N–H and O–H groups in total. The minimum atomic E-state index is -0.0656. The Hall–Kier alpha value is -2.47. The van der Waals surface area contributed by atoms with E-state index < -0.39 is 0 Å². The number of amides is 1. The van der Waals surface area contributed by atoms with Gasteiger partial charge in [-0.15, -0.1) is 21.5 Å². The number of hydrogen-bond acceptors (Lipinski definition) is 5. The highest BCUT2D eigenvalue weighted by Crippen LogP contribution is 2.23. The molecule has 5 nitrogen and oxygen atoms in total. The van der Waals surface area contributed by atoms with Crippen LogP contribution in [0.1, 0.15) is 23.4 Å². The highest BCUT2D eigenvalue weighted by Gasteiger charge is 2.11. The van der Waals surface area contributed by atoms with Gasteiger partial charge in [-0.2, -0.15) is 0 Å². The van der Waals surface area contributed by atoms with Crippen LogP contribution in [0.15, 0.2) is 40.1 Å². The van der Waals surface area contributed by atoms with Gasteiger partial charge in [-0.25, -0.2) is 0 Å². The topological polar surface area (TPSA) is 68.0 Å². The lowest BCUT2D eigenvalue weighted by atomic mass is 10.1. The molecule has 118 valence electrons. The number of carbonyl (C=O) groups is 1. The van der Waals surface area contributed by atoms with Crippen molar-refractivity contribution >= 4 is 22.9 Å². The Morgan fingerprint density at radius 3 is 2.83 bits per heavy atom. The second-order valence-electron chi connectivity index (χ2n) is 5.33. The minimum absolute atomic E-state index is 0.0656. The molecule has 2 aromatic heterocycles. The Morgan fingerprint density at radius 1 is 1.22 bits per heavy atom. The molecule has 0 unspecified atom stereocenters. The Balaban J connectivity index is 1.55. The summed E-state index contributed by atoms with van der Waals surface area (Å²) < 4.78 is 5.57. The highest BCUT2D eigenvalue weighted by molar-refractivity contribution is 7.13. The van der Waals surface area contributed by atoms with E-state index >= 15 is 0 Å². The monoisotopic (exact) mass is 327 g/mol. The number of nitrogens with zero attached hydrogens (tertiary/aromatic N) is 2. The summed E-state index contributed by atoms with van der Waals surface area (Å²) in [5.41, 5.74) is 3.16. The molecule has 0 radical (unpaired) electrons. The number of rotatable bonds is 5. The Labute approximate surface area is 138 Å². The number of aryl methyl sites for hydroxylation is 3. The lowest BCUT2D eigenvalue weighted by Gasteiger charge is -2.06. The first-order valence-electron chi connectivity index (χ1n) is 7.35. The highest BCUT2D eigenvalue weighted by atomic mass is 32.1. The first-order chi connectivity index (χ1) is 11.1. The van der Waals surface area contributed by atoms with Gasteiger partial charge in [0.25, 0.3) is 5.89 Å². The largest absolute Gasteiger partial charge is 0.420 e. The van der Waals surface area contributed by atoms with Crippen molar-refractivity contribution in [3.8, 4) is 10.8 Å². The zero-order valence-electron chi connectivity index (χ0n) is 13.0. The average Bonchev–Trinajstić information content (AvgIpc) is 3.19. The van der Waals surface area contributed by atoms with Gasteiger partial charge in [-0.1, -0.05) is 12.1 Å². The van der Waals surface area contributed by atoms with E-state index in [0.717, 1.165) is 16.1 Å². The van der Waals surface area contributed by atoms with Crippen LogP contribution in [-0.2, 0) is 11.2 Å². The molecule has 3 rings (SSSR count). The van der Waals surface area contributed by atoms with Gasteiger partial charge in [0, 0.05) is 18.5 Å². The molecule has 0 bridgehead atoms. The van der Waals surface area contributed by atoms with E-state index in [9.17, 15) is 4.79 Å². The van der Waals surface area contributed by atoms with Crippen molar-refractivity contribution in [2.45, 2.75) is 26.7 Å². The molecule has 0 spiro atoms. The Morgan fingerprint density at radius 2 is 2.09 bits per heavy atom. The summed E-state index contributed by atoms with van der Waals surface area (Å²) in [5, 5.41) is 12.8. The van der Waals surface area contributed by atoms with Crippen LogP contribution in [0.2, 0.25) is 0 Å². The van der Waals surface area contributed by atoms with Gasteiger partial charge in [0.15, 0.2) is 0 Å². The van der Waals surface area contributed by atoms with E-state index in [1.165, 1.54) is 5.56 Å². The molecular weight excluding hydrogens is 310 g/mol. The molecule has 1 aromatic carbocycles. The molecule has 0 aliphatic rings. The summed E-state index contributed by atoms with van der Waals surface area (Å²) in [6.45, 7) is 4.07. The van der Waals surface area contributed by atoms with Crippen LogP contribution in [0.5, 0.6) is 0 Å². The van der Waals surface area contributed by atoms with Crippen LogP contribution in [-0.4, -0.2) is 16.1 Å². The van der Waals surface area contributed by atoms with Gasteiger partial charge in [0.1, 0.15) is 0 Å². The maximum atomic E-state index is 12.0. The molecule has 0 aliphatic carbocycles. The third-order valence-electron chi connectivity index (χ3n) is 3.56. The van der Waals surface area contributed by atoms with Gasteiger partial charge in [-0.3, -0.25) is 4.79 Å². The van der Waals surface area contributed by atoms with Crippen molar-refractivity contribution in [3.63, 3.8) is 0 Å². The lowest BCUT2D eigenvalue weighted by molar-refractivity contribution is -0.116. The molecule has 6 heteroatoms. The van der Waals surface area contributed by atoms with Gasteiger partial charge in [0.05, 0.1) is 4.88 Å². The molecule has 2 heterocycles. The Bertz CT molecular complexity index is 809. The van der Waals surface area contributed by atoms with Crippen LogP contribution in [0.4, 0.5) is 5.69 Å². The van der Waals surface area contributed by atoms with Gasteiger partial charge >= 0.3 is 0 Å². The number of anilines is 1. The number of hydrogen-bond donors (Lipinski definition) is 1. The van der Waals surface area contributed by atoms with Crippen LogP contribution in [0, 0.1) is 13.8 Å². The van der Waals surface area contributed by atoms with Gasteiger partial charge in [-0.05, 0) is 48.6 Å². The standard InChI is InChI=1S/C17H17N3O2S/c1-11-5-6-13(10-12(11)2)18-15(21)7-8-16-19-20-17(22-16)14-4-3-9-23-14/h3-6,9-10H,7-8H2,1-2H3,(H,18,21). The zero-order valence-corrected chi connectivity index (χ0v) is 13.8. The fraction of sp³-hybridized carbons (Fsp3) is 0.235. The summed E-state index contributed by atoms with van der Waals surface area (Å²) in [6, 6.07) is 9.72. The molecule has 0 fully saturated rings. The average molecular weight is 327 g/mol. The maximum absolute atomic E-state index is 12.0. The summed E-state index contributed by atoms with van der Waals surface area (Å²) in [5.74, 6) is 0.914. The Kier molecular flexibility index (Phi) is 4.52. The van der Waals surface area contributed by atoms with E-state index in [4.69, 9.17) is 4.42 Å². The number of aromatic nitrogens is 2. The second kappa shape index (κ2) is 6.75. The summed E-state index contributed by atoms with van der Waals surface area (Å²) >= 11 is 1.54. The molecule has 0 aliphatic heterocycles. The number of nitrogens with one attached hydrogen (secondary N) is 1. The third-order valence-corrected chi connectivity index (χ3v) is 4.41. The van der Waals surface area contributed by atoms with E-state index in [-0.39, 0.29) is 5.91 Å². The number of carbonyl (C=O) groups excluding carboxylic acids is 1. The molecule has 3 aromatic rings. The molecule has 0 saturated heterocycles. The first kappa shape index (κ1) is 15.4. The number of thiophene rings is 1. The van der Waals surface area contributed by atoms with Crippen molar-refractivity contribution in [3.05, 3.63) is 52.7 Å². The quantitative estimate of drug-likeness (QED) is 0.769. The summed E-state index contributed by atoms with van der Waals surface area (Å²) in [6.07, 6.45) is 0.730. The normalized spacial score (nSPS) is 10.7. The predicted molar refractivity (Wildman–Crippen MR) is 90.5 cm³/mol. The van der Waals surface area contributed by atoms with Crippen LogP contribution < -0.4 is 5.32 Å². The first-order valence-corrected chi connectivity index (χ1v) is 8.23. The summed E-state index contributed by atoms with van der Waals surface area (Å²) in [4.78, 5) is 13.0. The van der Waals surface area contributed by atoms with Gasteiger partial charge in [0.2, 0.25) is 11.8 Å². The van der Waals surface area contributed by atoms with E-state index in [1.54, 1.807) is 11.3 Å². The fourth-order valence-electron chi connectivity index (χ4n) is 2.12. The molecule has 1 amide bonds. The molecule has 0 atom stereocenters. The third kappa shape index (κ3) is 3.84. The summed E-state index contributed by atoms with van der Waals surface area (Å²) in [7, 11) is 0. The fourth-order valence-corrected chi connectivity index (χ4v) is 2.76. The SMILES string of the molecule is Cc1ccc(NC(=O)CCc2nnc(-c3cccs3)o2)cc1C. The van der Waals surface area contributed by atoms with Crippen molar-refractivity contribution in [2.24, 2.45) is 0 Å². The van der Waals surface area contributed by atoms with Gasteiger partial charge < -0.3 is 9.73 Å². The van der Waals surface area contributed by atoms with E-state index in [0.29, 0.717) is 24.6 Å². The molecule has 23 heavy (non-hydrogen) atoms. The number of benzene rings is 1. The minimum Gasteiger partial charge on any atom is -0.420 e. The van der Waals surface area contributed by atoms with Crippen LogP contribution in [0.3, 0.4) is 0 Å². The maximum Gasteiger partial charge on any atom is 0.257 e.